The van der Waals surface area contributed by atoms with Crippen molar-refractivity contribution in [1.29, 1.82) is 0 Å². The lowest BCUT2D eigenvalue weighted by atomic mass is 10.1. The van der Waals surface area contributed by atoms with E-state index >= 15 is 0 Å². The molecule has 2 N–H and O–H groups in total. The molecule has 0 spiro atoms. The third-order valence-electron chi connectivity index (χ3n) is 3.69. The first kappa shape index (κ1) is 19.0. The van der Waals surface area contributed by atoms with Gasteiger partial charge in [0.1, 0.15) is 0 Å². The van der Waals surface area contributed by atoms with E-state index in [1.54, 1.807) is 36.2 Å². The van der Waals surface area contributed by atoms with Gasteiger partial charge in [-0.3, -0.25) is 14.5 Å². The number of carbonyl (C=O) groups excluding carboxylic acids is 2. The van der Waals surface area contributed by atoms with Gasteiger partial charge in [-0.1, -0.05) is 35.9 Å². The summed E-state index contributed by atoms with van der Waals surface area (Å²) in [6.45, 7) is 2.77. The SMILES string of the molecule is Cc1ccccc1CNC(=O)CN(C)CC(=O)Nc1ccc(Cl)cc1. The molecule has 0 atom stereocenters. The summed E-state index contributed by atoms with van der Waals surface area (Å²) in [4.78, 5) is 25.7. The highest BCUT2D eigenvalue weighted by Crippen LogP contribution is 2.13. The van der Waals surface area contributed by atoms with E-state index < -0.39 is 0 Å². The number of likely N-dealkylation sites (N-methyl/N-ethyl adjacent to an activating group) is 1. The maximum Gasteiger partial charge on any atom is 0.238 e. The Balaban J connectivity index is 1.74. The summed E-state index contributed by atoms with van der Waals surface area (Å²) in [5, 5.41) is 6.25. The van der Waals surface area contributed by atoms with E-state index in [4.69, 9.17) is 11.6 Å². The van der Waals surface area contributed by atoms with E-state index in [9.17, 15) is 9.59 Å². The average molecular weight is 360 g/mol. The van der Waals surface area contributed by atoms with Crippen LogP contribution in [0.4, 0.5) is 5.69 Å². The van der Waals surface area contributed by atoms with Crippen LogP contribution in [-0.4, -0.2) is 36.9 Å². The van der Waals surface area contributed by atoms with E-state index in [1.807, 2.05) is 31.2 Å². The molecular weight excluding hydrogens is 338 g/mol. The predicted octanol–water partition coefficient (Wildman–Crippen LogP) is 2.84. The fourth-order valence-corrected chi connectivity index (χ4v) is 2.46. The maximum atomic E-state index is 12.0. The van der Waals surface area contributed by atoms with Crippen LogP contribution in [-0.2, 0) is 16.1 Å². The first-order valence-electron chi connectivity index (χ1n) is 7.99. The standard InChI is InChI=1S/C19H22ClN3O2/c1-14-5-3-4-6-15(14)11-21-18(24)12-23(2)13-19(25)22-17-9-7-16(20)8-10-17/h3-10H,11-13H2,1-2H3,(H,21,24)(H,22,25). The number of amides is 2. The number of anilines is 1. The third kappa shape index (κ3) is 6.57. The monoisotopic (exact) mass is 359 g/mol. The summed E-state index contributed by atoms with van der Waals surface area (Å²) in [6, 6.07) is 14.8. The number of nitrogens with zero attached hydrogens (tertiary/aromatic N) is 1. The normalized spacial score (nSPS) is 10.6. The summed E-state index contributed by atoms with van der Waals surface area (Å²) < 4.78 is 0. The lowest BCUT2D eigenvalue weighted by Crippen LogP contribution is -2.38. The Kier molecular flexibility index (Phi) is 6.98. The van der Waals surface area contributed by atoms with Gasteiger partial charge in [0.25, 0.3) is 0 Å². The first-order valence-corrected chi connectivity index (χ1v) is 8.37. The van der Waals surface area contributed by atoms with Gasteiger partial charge < -0.3 is 10.6 Å². The Hall–Kier alpha value is -2.37. The van der Waals surface area contributed by atoms with Gasteiger partial charge in [-0.2, -0.15) is 0 Å². The Labute approximate surface area is 153 Å². The summed E-state index contributed by atoms with van der Waals surface area (Å²) in [6.07, 6.45) is 0. The molecule has 0 saturated carbocycles. The highest BCUT2D eigenvalue weighted by molar-refractivity contribution is 6.30. The highest BCUT2D eigenvalue weighted by Gasteiger charge is 2.11. The van der Waals surface area contributed by atoms with Gasteiger partial charge in [0.15, 0.2) is 0 Å². The molecule has 5 nitrogen and oxygen atoms in total. The van der Waals surface area contributed by atoms with Gasteiger partial charge >= 0.3 is 0 Å². The van der Waals surface area contributed by atoms with E-state index in [0.29, 0.717) is 17.3 Å². The van der Waals surface area contributed by atoms with Gasteiger partial charge in [-0.05, 0) is 49.4 Å². The Morgan fingerprint density at radius 2 is 1.64 bits per heavy atom. The molecule has 0 aliphatic carbocycles. The molecule has 0 heterocycles. The maximum absolute atomic E-state index is 12.0. The van der Waals surface area contributed by atoms with Gasteiger partial charge in [0.05, 0.1) is 13.1 Å². The highest BCUT2D eigenvalue weighted by atomic mass is 35.5. The van der Waals surface area contributed by atoms with Crippen LogP contribution in [0.5, 0.6) is 0 Å². The number of nitrogens with one attached hydrogen (secondary N) is 2. The number of carbonyl (C=O) groups is 2. The van der Waals surface area contributed by atoms with E-state index in [0.717, 1.165) is 11.1 Å². The summed E-state index contributed by atoms with van der Waals surface area (Å²) in [5.74, 6) is -0.304. The second kappa shape index (κ2) is 9.20. The molecule has 2 rings (SSSR count). The van der Waals surface area contributed by atoms with E-state index in [-0.39, 0.29) is 24.9 Å². The molecule has 0 aliphatic heterocycles. The molecule has 0 aliphatic rings. The van der Waals surface area contributed by atoms with Crippen LogP contribution in [0, 0.1) is 6.92 Å². The van der Waals surface area contributed by atoms with Gasteiger partial charge in [0.2, 0.25) is 11.8 Å². The number of rotatable bonds is 7. The van der Waals surface area contributed by atoms with Crippen LogP contribution in [0.15, 0.2) is 48.5 Å². The van der Waals surface area contributed by atoms with E-state index in [1.165, 1.54) is 0 Å². The summed E-state index contributed by atoms with van der Waals surface area (Å²) in [7, 11) is 1.73. The first-order chi connectivity index (χ1) is 11.9. The minimum atomic E-state index is -0.184. The fraction of sp³-hybridized carbons (Fsp3) is 0.263. The number of hydrogen-bond donors (Lipinski definition) is 2. The van der Waals surface area contributed by atoms with Crippen LogP contribution in [0.3, 0.4) is 0 Å². The van der Waals surface area contributed by atoms with Crippen LogP contribution in [0.1, 0.15) is 11.1 Å². The van der Waals surface area contributed by atoms with Crippen molar-refractivity contribution in [3.63, 3.8) is 0 Å². The molecule has 0 saturated heterocycles. The average Bonchev–Trinajstić information content (AvgIpc) is 2.56. The van der Waals surface area contributed by atoms with E-state index in [2.05, 4.69) is 10.6 Å². The molecule has 2 aromatic rings. The lowest BCUT2D eigenvalue weighted by Gasteiger charge is -2.16. The molecule has 132 valence electrons. The molecule has 2 aromatic carbocycles. The molecule has 0 aromatic heterocycles. The second-order valence-corrected chi connectivity index (χ2v) is 6.37. The van der Waals surface area contributed by atoms with Crippen molar-refractivity contribution in [2.45, 2.75) is 13.5 Å². The Morgan fingerprint density at radius 1 is 1.00 bits per heavy atom. The topological polar surface area (TPSA) is 61.4 Å². The quantitative estimate of drug-likeness (QED) is 0.799. The van der Waals surface area contributed by atoms with Gasteiger partial charge in [-0.15, -0.1) is 0 Å². The Bertz CT molecular complexity index is 732. The zero-order chi connectivity index (χ0) is 18.2. The molecule has 2 amide bonds. The van der Waals surface area contributed by atoms with Crippen molar-refractivity contribution in [1.82, 2.24) is 10.2 Å². The second-order valence-electron chi connectivity index (χ2n) is 5.93. The van der Waals surface area contributed by atoms with Crippen molar-refractivity contribution < 1.29 is 9.59 Å². The number of aryl methyl sites for hydroxylation is 1. The number of hydrogen-bond acceptors (Lipinski definition) is 3. The molecule has 0 bridgehead atoms. The van der Waals surface area contributed by atoms with Crippen molar-refractivity contribution in [2.24, 2.45) is 0 Å². The zero-order valence-electron chi connectivity index (χ0n) is 14.4. The zero-order valence-corrected chi connectivity index (χ0v) is 15.1. The molecule has 0 unspecified atom stereocenters. The van der Waals surface area contributed by atoms with Gasteiger partial charge in [-0.25, -0.2) is 0 Å². The van der Waals surface area contributed by atoms with Crippen LogP contribution < -0.4 is 10.6 Å². The molecule has 0 fully saturated rings. The van der Waals surface area contributed by atoms with Crippen LogP contribution in [0.25, 0.3) is 0 Å². The van der Waals surface area contributed by atoms with Crippen molar-refractivity contribution in [3.05, 3.63) is 64.7 Å². The molecular formula is C19H22ClN3O2. The summed E-state index contributed by atoms with van der Waals surface area (Å²) >= 11 is 5.81. The van der Waals surface area contributed by atoms with Gasteiger partial charge in [0, 0.05) is 17.3 Å². The fourth-order valence-electron chi connectivity index (χ4n) is 2.34. The Morgan fingerprint density at radius 3 is 2.32 bits per heavy atom. The minimum Gasteiger partial charge on any atom is -0.351 e. The third-order valence-corrected chi connectivity index (χ3v) is 3.94. The van der Waals surface area contributed by atoms with Crippen LogP contribution >= 0.6 is 11.6 Å². The largest absolute Gasteiger partial charge is 0.351 e. The van der Waals surface area contributed by atoms with Crippen LogP contribution in [0.2, 0.25) is 5.02 Å². The van der Waals surface area contributed by atoms with Crippen molar-refractivity contribution in [2.75, 3.05) is 25.5 Å². The minimum absolute atomic E-state index is 0.120. The lowest BCUT2D eigenvalue weighted by molar-refractivity contribution is -0.123. The predicted molar refractivity (Wildman–Crippen MR) is 101 cm³/mol. The number of benzene rings is 2. The van der Waals surface area contributed by atoms with Crippen molar-refractivity contribution >= 4 is 29.1 Å². The molecule has 6 heteroatoms. The number of halogens is 1. The van der Waals surface area contributed by atoms with Crippen molar-refractivity contribution in [3.8, 4) is 0 Å². The smallest absolute Gasteiger partial charge is 0.238 e. The summed E-state index contributed by atoms with van der Waals surface area (Å²) in [5.41, 5.74) is 2.89. The molecule has 25 heavy (non-hydrogen) atoms. The molecule has 0 radical (unpaired) electrons.